The van der Waals surface area contributed by atoms with Crippen LogP contribution in [0.2, 0.25) is 0 Å². The van der Waals surface area contributed by atoms with Gasteiger partial charge in [0.2, 0.25) is 5.91 Å². The standard InChI is InChI=1S/C15H18N2O4/c1-15(2,3)21-14(20)17-9-12(18)16(4)11-8-6-5-7-10(11)13(17)19/h5-8H,9H2,1-4H3. The van der Waals surface area contributed by atoms with Crippen LogP contribution in [-0.2, 0) is 9.53 Å². The molecule has 3 amide bonds. The zero-order valence-corrected chi connectivity index (χ0v) is 12.5. The fraction of sp³-hybridized carbons (Fsp3) is 0.400. The number of para-hydroxylation sites is 1. The maximum Gasteiger partial charge on any atom is 0.417 e. The second kappa shape index (κ2) is 5.20. The minimum absolute atomic E-state index is 0.303. The summed E-state index contributed by atoms with van der Waals surface area (Å²) >= 11 is 0. The van der Waals surface area contributed by atoms with Gasteiger partial charge in [-0.15, -0.1) is 0 Å². The number of ether oxygens (including phenoxy) is 1. The van der Waals surface area contributed by atoms with E-state index in [-0.39, 0.29) is 12.5 Å². The van der Waals surface area contributed by atoms with Gasteiger partial charge in [0.15, 0.2) is 0 Å². The molecule has 0 saturated heterocycles. The van der Waals surface area contributed by atoms with Crippen molar-refractivity contribution in [2.75, 3.05) is 18.5 Å². The molecule has 0 saturated carbocycles. The van der Waals surface area contributed by atoms with E-state index < -0.39 is 17.6 Å². The van der Waals surface area contributed by atoms with Crippen molar-refractivity contribution in [2.45, 2.75) is 26.4 Å². The van der Waals surface area contributed by atoms with Gasteiger partial charge in [-0.05, 0) is 32.9 Å². The van der Waals surface area contributed by atoms with E-state index in [1.807, 2.05) is 0 Å². The molecule has 0 spiro atoms. The van der Waals surface area contributed by atoms with Crippen molar-refractivity contribution in [3.05, 3.63) is 29.8 Å². The Balaban J connectivity index is 2.40. The van der Waals surface area contributed by atoms with Crippen LogP contribution in [0, 0.1) is 0 Å². The average Bonchev–Trinajstić information content (AvgIpc) is 2.48. The van der Waals surface area contributed by atoms with Gasteiger partial charge < -0.3 is 9.64 Å². The van der Waals surface area contributed by atoms with Gasteiger partial charge >= 0.3 is 6.09 Å². The van der Waals surface area contributed by atoms with Crippen LogP contribution in [0.5, 0.6) is 0 Å². The number of benzene rings is 1. The lowest BCUT2D eigenvalue weighted by molar-refractivity contribution is -0.118. The van der Waals surface area contributed by atoms with Crippen molar-refractivity contribution in [3.8, 4) is 0 Å². The quantitative estimate of drug-likeness (QED) is 0.733. The van der Waals surface area contributed by atoms with Gasteiger partial charge in [-0.2, -0.15) is 0 Å². The fourth-order valence-electron chi connectivity index (χ4n) is 2.00. The van der Waals surface area contributed by atoms with Crippen LogP contribution >= 0.6 is 0 Å². The fourth-order valence-corrected chi connectivity index (χ4v) is 2.00. The van der Waals surface area contributed by atoms with Crippen LogP contribution in [0.15, 0.2) is 24.3 Å². The Hall–Kier alpha value is -2.37. The van der Waals surface area contributed by atoms with Crippen molar-refractivity contribution in [2.24, 2.45) is 0 Å². The summed E-state index contributed by atoms with van der Waals surface area (Å²) in [5.41, 5.74) is 0.0493. The highest BCUT2D eigenvalue weighted by molar-refractivity contribution is 6.14. The highest BCUT2D eigenvalue weighted by atomic mass is 16.6. The summed E-state index contributed by atoms with van der Waals surface area (Å²) in [4.78, 5) is 39.0. The predicted molar refractivity (Wildman–Crippen MR) is 77.1 cm³/mol. The molecule has 2 rings (SSSR count). The molecular weight excluding hydrogens is 272 g/mol. The molecule has 0 fully saturated rings. The maximum atomic E-state index is 12.5. The van der Waals surface area contributed by atoms with Gasteiger partial charge in [0.05, 0.1) is 11.3 Å². The van der Waals surface area contributed by atoms with Crippen LogP contribution in [0.25, 0.3) is 0 Å². The molecule has 0 bridgehead atoms. The molecule has 1 aromatic carbocycles. The van der Waals surface area contributed by atoms with E-state index in [9.17, 15) is 14.4 Å². The van der Waals surface area contributed by atoms with Gasteiger partial charge in [-0.25, -0.2) is 9.69 Å². The summed E-state index contributed by atoms with van der Waals surface area (Å²) in [6.07, 6.45) is -0.814. The molecule has 6 nitrogen and oxygen atoms in total. The Labute approximate surface area is 123 Å². The largest absolute Gasteiger partial charge is 0.443 e. The third-order valence-corrected chi connectivity index (χ3v) is 3.02. The average molecular weight is 290 g/mol. The first-order valence-electron chi connectivity index (χ1n) is 6.61. The number of anilines is 1. The van der Waals surface area contributed by atoms with Gasteiger partial charge in [-0.1, -0.05) is 12.1 Å². The number of hydrogen-bond donors (Lipinski definition) is 0. The molecule has 1 aliphatic heterocycles. The SMILES string of the molecule is CN1C(=O)CN(C(=O)OC(C)(C)C)C(=O)c2ccccc21. The number of rotatable bonds is 0. The highest BCUT2D eigenvalue weighted by Crippen LogP contribution is 2.25. The minimum atomic E-state index is -0.814. The smallest absolute Gasteiger partial charge is 0.417 e. The number of carbonyl (C=O) groups excluding carboxylic acids is 3. The summed E-state index contributed by atoms with van der Waals surface area (Å²) < 4.78 is 5.20. The first-order valence-corrected chi connectivity index (χ1v) is 6.61. The van der Waals surface area contributed by atoms with Crippen molar-refractivity contribution in [3.63, 3.8) is 0 Å². The summed E-state index contributed by atoms with van der Waals surface area (Å²) in [7, 11) is 1.58. The molecule has 0 N–H and O–H groups in total. The topological polar surface area (TPSA) is 66.9 Å². The number of hydrogen-bond acceptors (Lipinski definition) is 4. The molecule has 0 unspecified atom stereocenters. The van der Waals surface area contributed by atoms with Crippen LogP contribution in [0.1, 0.15) is 31.1 Å². The monoisotopic (exact) mass is 290 g/mol. The van der Waals surface area contributed by atoms with Gasteiger partial charge in [-0.3, -0.25) is 9.59 Å². The predicted octanol–water partition coefficient (Wildman–Crippen LogP) is 2.04. The first kappa shape index (κ1) is 15.0. The molecule has 0 aromatic heterocycles. The Morgan fingerprint density at radius 3 is 2.43 bits per heavy atom. The van der Waals surface area contributed by atoms with Crippen molar-refractivity contribution < 1.29 is 19.1 Å². The molecule has 6 heteroatoms. The molecular formula is C15H18N2O4. The van der Waals surface area contributed by atoms with Gasteiger partial charge in [0.1, 0.15) is 12.1 Å². The zero-order valence-electron chi connectivity index (χ0n) is 12.5. The lowest BCUT2D eigenvalue weighted by Crippen LogP contribution is -2.44. The minimum Gasteiger partial charge on any atom is -0.443 e. The Kier molecular flexibility index (Phi) is 3.72. The number of nitrogens with zero attached hydrogens (tertiary/aromatic N) is 2. The first-order chi connectivity index (χ1) is 9.70. The van der Waals surface area contributed by atoms with E-state index in [0.717, 1.165) is 4.90 Å². The molecule has 1 aliphatic rings. The molecule has 1 aromatic rings. The van der Waals surface area contributed by atoms with Crippen LogP contribution in [0.4, 0.5) is 10.5 Å². The highest BCUT2D eigenvalue weighted by Gasteiger charge is 2.35. The van der Waals surface area contributed by atoms with E-state index in [1.165, 1.54) is 4.90 Å². The van der Waals surface area contributed by atoms with Crippen LogP contribution in [0.3, 0.4) is 0 Å². The van der Waals surface area contributed by atoms with E-state index in [0.29, 0.717) is 11.3 Å². The lowest BCUT2D eigenvalue weighted by atomic mass is 10.1. The van der Waals surface area contributed by atoms with Gasteiger partial charge in [0.25, 0.3) is 5.91 Å². The van der Waals surface area contributed by atoms with Crippen molar-refractivity contribution in [1.82, 2.24) is 4.90 Å². The summed E-state index contributed by atoms with van der Waals surface area (Å²) in [6, 6.07) is 6.68. The number of amides is 3. The second-order valence-electron chi connectivity index (χ2n) is 5.84. The number of likely N-dealkylation sites (N-methyl/N-ethyl adjacent to an activating group) is 1. The number of fused-ring (bicyclic) bond motifs is 1. The Morgan fingerprint density at radius 2 is 1.81 bits per heavy atom. The van der Waals surface area contributed by atoms with Crippen LogP contribution in [-0.4, -0.2) is 42.0 Å². The second-order valence-corrected chi connectivity index (χ2v) is 5.84. The number of carbonyl (C=O) groups is 3. The van der Waals surface area contributed by atoms with E-state index in [1.54, 1.807) is 52.1 Å². The van der Waals surface area contributed by atoms with Gasteiger partial charge in [0, 0.05) is 7.05 Å². The van der Waals surface area contributed by atoms with Crippen molar-refractivity contribution in [1.29, 1.82) is 0 Å². The summed E-state index contributed by atoms with van der Waals surface area (Å²) in [6.45, 7) is 4.78. The molecule has 1 heterocycles. The summed E-state index contributed by atoms with van der Waals surface area (Å²) in [5, 5.41) is 0. The Morgan fingerprint density at radius 1 is 1.19 bits per heavy atom. The summed E-state index contributed by atoms with van der Waals surface area (Å²) in [5.74, 6) is -0.878. The number of imide groups is 1. The third kappa shape index (κ3) is 3.04. The maximum absolute atomic E-state index is 12.5. The van der Waals surface area contributed by atoms with E-state index in [2.05, 4.69) is 0 Å². The molecule has 0 atom stereocenters. The molecule has 0 radical (unpaired) electrons. The Bertz CT molecular complexity index is 604. The molecule has 0 aliphatic carbocycles. The lowest BCUT2D eigenvalue weighted by Gasteiger charge is -2.24. The van der Waals surface area contributed by atoms with Crippen LogP contribution < -0.4 is 4.90 Å². The molecule has 112 valence electrons. The normalized spacial score (nSPS) is 15.6. The van der Waals surface area contributed by atoms with E-state index in [4.69, 9.17) is 4.74 Å². The molecule has 21 heavy (non-hydrogen) atoms. The van der Waals surface area contributed by atoms with E-state index >= 15 is 0 Å². The van der Waals surface area contributed by atoms with Crippen molar-refractivity contribution >= 4 is 23.6 Å². The zero-order chi connectivity index (χ0) is 15.8. The third-order valence-electron chi connectivity index (χ3n) is 3.02.